The quantitative estimate of drug-likeness (QED) is 0.661. The van der Waals surface area contributed by atoms with Gasteiger partial charge in [0.1, 0.15) is 5.76 Å². The summed E-state index contributed by atoms with van der Waals surface area (Å²) in [7, 11) is 0. The molecule has 2 rings (SSSR count). The molecule has 14 heavy (non-hydrogen) atoms. The third-order valence-electron chi connectivity index (χ3n) is 2.19. The average Bonchev–Trinajstić information content (AvgIpc) is 2.75. The molecule has 1 unspecified atom stereocenters. The lowest BCUT2D eigenvalue weighted by Crippen LogP contribution is -2.32. The van der Waals surface area contributed by atoms with Gasteiger partial charge in [0.2, 0.25) is 0 Å². The van der Waals surface area contributed by atoms with Crippen LogP contribution < -0.4 is 0 Å². The van der Waals surface area contributed by atoms with E-state index in [9.17, 15) is 9.59 Å². The highest BCUT2D eigenvalue weighted by molar-refractivity contribution is 6.13. The summed E-state index contributed by atoms with van der Waals surface area (Å²) in [5.41, 5.74) is 0. The highest BCUT2D eigenvalue weighted by Crippen LogP contribution is 2.23. The van der Waals surface area contributed by atoms with Gasteiger partial charge < -0.3 is 4.42 Å². The Kier molecular flexibility index (Phi) is 1.96. The number of carbonyl (C=O) groups is 2. The molecule has 1 aromatic rings. The minimum absolute atomic E-state index is 0.293. The van der Waals surface area contributed by atoms with Crippen molar-refractivity contribution in [3.05, 3.63) is 36.3 Å². The van der Waals surface area contributed by atoms with Crippen LogP contribution in [-0.2, 0) is 9.59 Å². The van der Waals surface area contributed by atoms with Gasteiger partial charge in [-0.2, -0.15) is 0 Å². The third-order valence-corrected chi connectivity index (χ3v) is 2.19. The number of imide groups is 1. The lowest BCUT2D eigenvalue weighted by atomic mass is 10.2. The molecule has 0 fully saturated rings. The van der Waals surface area contributed by atoms with Gasteiger partial charge in [-0.05, 0) is 19.1 Å². The lowest BCUT2D eigenvalue weighted by molar-refractivity contribution is -0.139. The van der Waals surface area contributed by atoms with Gasteiger partial charge in [0.05, 0.1) is 12.3 Å². The van der Waals surface area contributed by atoms with Crippen LogP contribution in [0.4, 0.5) is 0 Å². The van der Waals surface area contributed by atoms with Crippen LogP contribution >= 0.6 is 0 Å². The van der Waals surface area contributed by atoms with Crippen LogP contribution in [0, 0.1) is 0 Å². The maximum atomic E-state index is 11.3. The van der Waals surface area contributed by atoms with Gasteiger partial charge in [-0.25, -0.2) is 0 Å². The van der Waals surface area contributed by atoms with E-state index in [2.05, 4.69) is 0 Å². The Labute approximate surface area is 80.8 Å². The highest BCUT2D eigenvalue weighted by Gasteiger charge is 2.30. The van der Waals surface area contributed by atoms with Gasteiger partial charge in [-0.1, -0.05) is 0 Å². The minimum atomic E-state index is -0.347. The zero-order valence-electron chi connectivity index (χ0n) is 7.64. The predicted octanol–water partition coefficient (Wildman–Crippen LogP) is 1.27. The van der Waals surface area contributed by atoms with Crippen molar-refractivity contribution in [2.45, 2.75) is 13.0 Å². The zero-order valence-corrected chi connectivity index (χ0v) is 7.64. The van der Waals surface area contributed by atoms with Crippen LogP contribution in [0.3, 0.4) is 0 Å². The number of rotatable bonds is 2. The fraction of sp³-hybridized carbons (Fsp3) is 0.200. The second-order valence-electron chi connectivity index (χ2n) is 3.07. The Hall–Kier alpha value is -1.84. The Morgan fingerprint density at radius 2 is 1.93 bits per heavy atom. The molecule has 1 aliphatic heterocycles. The molecule has 0 saturated carbocycles. The summed E-state index contributed by atoms with van der Waals surface area (Å²) in [6.45, 7) is 1.75. The van der Waals surface area contributed by atoms with E-state index < -0.39 is 0 Å². The molecule has 0 aliphatic carbocycles. The Bertz CT molecular complexity index is 374. The Morgan fingerprint density at radius 1 is 1.29 bits per heavy atom. The fourth-order valence-electron chi connectivity index (χ4n) is 1.45. The van der Waals surface area contributed by atoms with E-state index in [0.717, 1.165) is 0 Å². The van der Waals surface area contributed by atoms with Crippen molar-refractivity contribution in [3.63, 3.8) is 0 Å². The molecule has 1 aliphatic rings. The maximum Gasteiger partial charge on any atom is 0.254 e. The van der Waals surface area contributed by atoms with Gasteiger partial charge in [-0.15, -0.1) is 0 Å². The van der Waals surface area contributed by atoms with Crippen molar-refractivity contribution >= 4 is 11.8 Å². The number of carbonyl (C=O) groups excluding carboxylic acids is 2. The molecule has 2 heterocycles. The summed E-state index contributed by atoms with van der Waals surface area (Å²) in [5, 5.41) is 0. The molecule has 0 aromatic carbocycles. The molecule has 0 radical (unpaired) electrons. The van der Waals surface area contributed by atoms with E-state index in [1.165, 1.54) is 23.3 Å². The fourth-order valence-corrected chi connectivity index (χ4v) is 1.45. The zero-order chi connectivity index (χ0) is 10.1. The molecule has 1 aromatic heterocycles. The second kappa shape index (κ2) is 3.14. The number of nitrogens with zero attached hydrogens (tertiary/aromatic N) is 1. The van der Waals surface area contributed by atoms with Gasteiger partial charge in [-0.3, -0.25) is 14.5 Å². The van der Waals surface area contributed by atoms with Gasteiger partial charge >= 0.3 is 0 Å². The first-order valence-electron chi connectivity index (χ1n) is 4.29. The van der Waals surface area contributed by atoms with Gasteiger partial charge in [0, 0.05) is 12.2 Å². The molecule has 0 N–H and O–H groups in total. The van der Waals surface area contributed by atoms with Crippen molar-refractivity contribution in [2.24, 2.45) is 0 Å². The van der Waals surface area contributed by atoms with Crippen LogP contribution in [0.5, 0.6) is 0 Å². The largest absolute Gasteiger partial charge is 0.467 e. The summed E-state index contributed by atoms with van der Waals surface area (Å²) >= 11 is 0. The van der Waals surface area contributed by atoms with E-state index in [-0.39, 0.29) is 17.9 Å². The van der Waals surface area contributed by atoms with Crippen molar-refractivity contribution in [1.82, 2.24) is 4.90 Å². The number of amides is 2. The second-order valence-corrected chi connectivity index (χ2v) is 3.07. The smallest absolute Gasteiger partial charge is 0.254 e. The van der Waals surface area contributed by atoms with Crippen molar-refractivity contribution in [3.8, 4) is 0 Å². The normalized spacial score (nSPS) is 17.9. The number of hydrogen-bond donors (Lipinski definition) is 0. The Balaban J connectivity index is 2.24. The summed E-state index contributed by atoms with van der Waals surface area (Å²) in [5.74, 6) is 0.0215. The molecule has 4 heteroatoms. The van der Waals surface area contributed by atoms with Crippen molar-refractivity contribution in [2.75, 3.05) is 0 Å². The number of hydrogen-bond acceptors (Lipinski definition) is 3. The third kappa shape index (κ3) is 1.25. The lowest BCUT2D eigenvalue weighted by Gasteiger charge is -2.19. The van der Waals surface area contributed by atoms with Crippen LogP contribution in [0.25, 0.3) is 0 Å². The van der Waals surface area contributed by atoms with E-state index in [1.807, 2.05) is 0 Å². The van der Waals surface area contributed by atoms with Crippen LogP contribution in [0.2, 0.25) is 0 Å². The Morgan fingerprint density at radius 3 is 2.43 bits per heavy atom. The summed E-state index contributed by atoms with van der Waals surface area (Å²) < 4.78 is 5.13. The van der Waals surface area contributed by atoms with Gasteiger partial charge in [0.25, 0.3) is 11.8 Å². The molecule has 0 saturated heterocycles. The maximum absolute atomic E-state index is 11.3. The van der Waals surface area contributed by atoms with E-state index in [1.54, 1.807) is 19.1 Å². The molecule has 4 nitrogen and oxygen atoms in total. The standard InChI is InChI=1S/C10H9NO3/c1-7(8-3-2-6-14-8)11-9(12)4-5-10(11)13/h2-7H,1H3. The first-order chi connectivity index (χ1) is 6.70. The minimum Gasteiger partial charge on any atom is -0.467 e. The summed E-state index contributed by atoms with van der Waals surface area (Å²) in [6.07, 6.45) is 4.05. The van der Waals surface area contributed by atoms with E-state index >= 15 is 0 Å². The molecule has 2 amide bonds. The molecule has 0 bridgehead atoms. The van der Waals surface area contributed by atoms with Crippen molar-refractivity contribution < 1.29 is 14.0 Å². The van der Waals surface area contributed by atoms with Crippen LogP contribution in [0.1, 0.15) is 18.7 Å². The summed E-state index contributed by atoms with van der Waals surface area (Å²) in [6, 6.07) is 3.12. The molecule has 72 valence electrons. The van der Waals surface area contributed by atoms with Crippen LogP contribution in [-0.4, -0.2) is 16.7 Å². The van der Waals surface area contributed by atoms with E-state index in [4.69, 9.17) is 4.42 Å². The predicted molar refractivity (Wildman–Crippen MR) is 48.1 cm³/mol. The highest BCUT2D eigenvalue weighted by atomic mass is 16.3. The van der Waals surface area contributed by atoms with Crippen molar-refractivity contribution in [1.29, 1.82) is 0 Å². The topological polar surface area (TPSA) is 50.5 Å². The molecular formula is C10H9NO3. The SMILES string of the molecule is CC(c1ccco1)N1C(=O)C=CC1=O. The summed E-state index contributed by atoms with van der Waals surface area (Å²) in [4.78, 5) is 23.8. The molecule has 1 atom stereocenters. The first kappa shape index (κ1) is 8.74. The molecule has 0 spiro atoms. The molecular weight excluding hydrogens is 182 g/mol. The number of furan rings is 1. The van der Waals surface area contributed by atoms with E-state index in [0.29, 0.717) is 5.76 Å². The first-order valence-corrected chi connectivity index (χ1v) is 4.29. The average molecular weight is 191 g/mol. The van der Waals surface area contributed by atoms with Crippen LogP contribution in [0.15, 0.2) is 35.0 Å². The van der Waals surface area contributed by atoms with Gasteiger partial charge in [0.15, 0.2) is 0 Å². The monoisotopic (exact) mass is 191 g/mol.